The minimum Gasteiger partial charge on any atom is -0.374 e. The molecule has 0 saturated carbocycles. The van der Waals surface area contributed by atoms with Crippen molar-refractivity contribution < 1.29 is 0 Å². The van der Waals surface area contributed by atoms with Crippen molar-refractivity contribution in [2.24, 2.45) is 0 Å². The zero-order valence-corrected chi connectivity index (χ0v) is 9.53. The highest BCUT2D eigenvalue weighted by atomic mass is 32.2. The average Bonchev–Trinajstić information content (AvgIpc) is 2.63. The summed E-state index contributed by atoms with van der Waals surface area (Å²) in [6.07, 6.45) is 2.60. The maximum Gasteiger partial charge on any atom is 0.203 e. The second-order valence-electron chi connectivity index (χ2n) is 3.33. The third-order valence-corrected chi connectivity index (χ3v) is 4.15. The summed E-state index contributed by atoms with van der Waals surface area (Å²) in [5, 5.41) is 12.8. The quantitative estimate of drug-likeness (QED) is 0.814. The molecule has 14 heavy (non-hydrogen) atoms. The molecule has 1 aromatic rings. The molecule has 1 aliphatic heterocycles. The summed E-state index contributed by atoms with van der Waals surface area (Å²) < 4.78 is 0. The van der Waals surface area contributed by atoms with Gasteiger partial charge in [0.1, 0.15) is 5.01 Å². The van der Waals surface area contributed by atoms with Crippen LogP contribution in [0.4, 0.5) is 5.13 Å². The molecule has 1 aliphatic rings. The van der Waals surface area contributed by atoms with Crippen molar-refractivity contribution in [3.63, 3.8) is 0 Å². The van der Waals surface area contributed by atoms with Crippen LogP contribution in [0, 0.1) is 0 Å². The van der Waals surface area contributed by atoms with Crippen LogP contribution < -0.4 is 11.1 Å². The maximum absolute atomic E-state index is 5.50. The van der Waals surface area contributed by atoms with Gasteiger partial charge in [-0.15, -0.1) is 10.2 Å². The third-order valence-electron chi connectivity index (χ3n) is 2.18. The Kier molecular flexibility index (Phi) is 3.61. The lowest BCUT2D eigenvalue weighted by Crippen LogP contribution is -2.33. The van der Waals surface area contributed by atoms with E-state index in [0.29, 0.717) is 11.2 Å². The summed E-state index contributed by atoms with van der Waals surface area (Å²) in [7, 11) is 0. The molecule has 0 aromatic carbocycles. The summed E-state index contributed by atoms with van der Waals surface area (Å²) in [5.74, 6) is 2.53. The van der Waals surface area contributed by atoms with Crippen molar-refractivity contribution in [1.29, 1.82) is 0 Å². The van der Waals surface area contributed by atoms with Gasteiger partial charge < -0.3 is 11.1 Å². The van der Waals surface area contributed by atoms with Crippen LogP contribution >= 0.6 is 23.1 Å². The molecule has 1 aromatic heterocycles. The van der Waals surface area contributed by atoms with Crippen molar-refractivity contribution in [3.05, 3.63) is 5.01 Å². The topological polar surface area (TPSA) is 63.8 Å². The van der Waals surface area contributed by atoms with E-state index in [2.05, 4.69) is 15.5 Å². The SMILES string of the molecule is Nc1nnc(CN[C@@H]2CCCSC2)s1. The zero-order chi connectivity index (χ0) is 9.80. The number of nitrogens with one attached hydrogen (secondary N) is 1. The third kappa shape index (κ3) is 2.83. The van der Waals surface area contributed by atoms with Gasteiger partial charge in [0.25, 0.3) is 0 Å². The molecule has 1 fully saturated rings. The van der Waals surface area contributed by atoms with E-state index in [1.807, 2.05) is 11.8 Å². The van der Waals surface area contributed by atoms with Crippen LogP contribution in [0.3, 0.4) is 0 Å². The Morgan fingerprint density at radius 3 is 3.07 bits per heavy atom. The van der Waals surface area contributed by atoms with E-state index < -0.39 is 0 Å². The van der Waals surface area contributed by atoms with E-state index in [4.69, 9.17) is 5.73 Å². The number of aromatic nitrogens is 2. The van der Waals surface area contributed by atoms with Crippen molar-refractivity contribution in [2.75, 3.05) is 17.2 Å². The van der Waals surface area contributed by atoms with E-state index in [1.54, 1.807) is 0 Å². The van der Waals surface area contributed by atoms with Crippen LogP contribution in [0.25, 0.3) is 0 Å². The summed E-state index contributed by atoms with van der Waals surface area (Å²) >= 11 is 3.49. The van der Waals surface area contributed by atoms with Gasteiger partial charge in [0.05, 0.1) is 6.54 Å². The Balaban J connectivity index is 1.76. The molecule has 1 saturated heterocycles. The van der Waals surface area contributed by atoms with Gasteiger partial charge in [0.15, 0.2) is 0 Å². The average molecular weight is 230 g/mol. The summed E-state index contributed by atoms with van der Waals surface area (Å²) in [5.41, 5.74) is 5.50. The van der Waals surface area contributed by atoms with Gasteiger partial charge in [-0.25, -0.2) is 0 Å². The number of anilines is 1. The number of hydrogen-bond acceptors (Lipinski definition) is 6. The number of rotatable bonds is 3. The number of hydrogen-bond donors (Lipinski definition) is 2. The van der Waals surface area contributed by atoms with Gasteiger partial charge in [-0.2, -0.15) is 11.8 Å². The van der Waals surface area contributed by atoms with Crippen LogP contribution in [0.2, 0.25) is 0 Å². The molecule has 4 nitrogen and oxygen atoms in total. The predicted octanol–water partition coefficient (Wildman–Crippen LogP) is 1.11. The summed E-state index contributed by atoms with van der Waals surface area (Å²) in [6, 6.07) is 0.638. The highest BCUT2D eigenvalue weighted by molar-refractivity contribution is 7.99. The normalized spacial score (nSPS) is 22.4. The molecule has 0 aliphatic carbocycles. The van der Waals surface area contributed by atoms with E-state index in [1.165, 1.54) is 35.7 Å². The van der Waals surface area contributed by atoms with E-state index in [0.717, 1.165) is 11.6 Å². The van der Waals surface area contributed by atoms with Gasteiger partial charge >= 0.3 is 0 Å². The maximum atomic E-state index is 5.50. The molecule has 1 atom stereocenters. The van der Waals surface area contributed by atoms with Crippen LogP contribution in [-0.4, -0.2) is 27.7 Å². The first-order valence-corrected chi connectivity index (χ1v) is 6.70. The first kappa shape index (κ1) is 10.2. The number of nitrogens with two attached hydrogens (primary N) is 1. The predicted molar refractivity (Wildman–Crippen MR) is 61.5 cm³/mol. The lowest BCUT2D eigenvalue weighted by atomic mass is 10.2. The Bertz CT molecular complexity index is 283. The molecule has 78 valence electrons. The molecule has 0 bridgehead atoms. The molecule has 2 rings (SSSR count). The fourth-order valence-corrected chi connectivity index (χ4v) is 3.14. The van der Waals surface area contributed by atoms with E-state index >= 15 is 0 Å². The number of nitrogen functional groups attached to an aromatic ring is 1. The van der Waals surface area contributed by atoms with Gasteiger partial charge in [-0.1, -0.05) is 11.3 Å². The summed E-state index contributed by atoms with van der Waals surface area (Å²) in [6.45, 7) is 0.806. The van der Waals surface area contributed by atoms with E-state index in [-0.39, 0.29) is 0 Å². The van der Waals surface area contributed by atoms with E-state index in [9.17, 15) is 0 Å². The smallest absolute Gasteiger partial charge is 0.203 e. The Labute approximate surface area is 91.7 Å². The molecule has 0 spiro atoms. The monoisotopic (exact) mass is 230 g/mol. The van der Waals surface area contributed by atoms with Crippen molar-refractivity contribution >= 4 is 28.2 Å². The van der Waals surface area contributed by atoms with Gasteiger partial charge in [-0.05, 0) is 18.6 Å². The fraction of sp³-hybridized carbons (Fsp3) is 0.750. The van der Waals surface area contributed by atoms with Crippen molar-refractivity contribution in [2.45, 2.75) is 25.4 Å². The second kappa shape index (κ2) is 4.95. The van der Waals surface area contributed by atoms with Crippen molar-refractivity contribution in [1.82, 2.24) is 15.5 Å². The summed E-state index contributed by atoms with van der Waals surface area (Å²) in [4.78, 5) is 0. The standard InChI is InChI=1S/C8H14N4S2/c9-8-12-11-7(14-8)4-10-6-2-1-3-13-5-6/h6,10H,1-5H2,(H2,9,12)/t6-/m1/s1. The first-order chi connectivity index (χ1) is 6.84. The van der Waals surface area contributed by atoms with Gasteiger partial charge in [-0.3, -0.25) is 0 Å². The Hall–Kier alpha value is -0.330. The molecule has 0 unspecified atom stereocenters. The zero-order valence-electron chi connectivity index (χ0n) is 7.90. The fourth-order valence-electron chi connectivity index (χ4n) is 1.47. The molecule has 0 radical (unpaired) electrons. The van der Waals surface area contributed by atoms with Crippen LogP contribution in [0.5, 0.6) is 0 Å². The lowest BCUT2D eigenvalue weighted by Gasteiger charge is -2.21. The van der Waals surface area contributed by atoms with Gasteiger partial charge in [0.2, 0.25) is 5.13 Å². The Morgan fingerprint density at radius 1 is 1.50 bits per heavy atom. The van der Waals surface area contributed by atoms with Crippen LogP contribution in [0.1, 0.15) is 17.8 Å². The molecule has 0 amide bonds. The van der Waals surface area contributed by atoms with Crippen LogP contribution in [-0.2, 0) is 6.54 Å². The molecular weight excluding hydrogens is 216 g/mol. The molecule has 2 heterocycles. The lowest BCUT2D eigenvalue weighted by molar-refractivity contribution is 0.506. The minimum atomic E-state index is 0.555. The Morgan fingerprint density at radius 2 is 2.43 bits per heavy atom. The van der Waals surface area contributed by atoms with Crippen molar-refractivity contribution in [3.8, 4) is 0 Å². The minimum absolute atomic E-state index is 0.555. The number of nitrogens with zero attached hydrogens (tertiary/aromatic N) is 2. The highest BCUT2D eigenvalue weighted by Gasteiger charge is 2.13. The number of thioether (sulfide) groups is 1. The largest absolute Gasteiger partial charge is 0.374 e. The first-order valence-electron chi connectivity index (χ1n) is 4.73. The molecule has 6 heteroatoms. The van der Waals surface area contributed by atoms with Gasteiger partial charge in [0, 0.05) is 11.8 Å². The second-order valence-corrected chi connectivity index (χ2v) is 5.57. The van der Waals surface area contributed by atoms with Crippen LogP contribution in [0.15, 0.2) is 0 Å². The molecular formula is C8H14N4S2. The molecule has 3 N–H and O–H groups in total. The highest BCUT2D eigenvalue weighted by Crippen LogP contribution is 2.18.